The number of nitrogens with zero attached hydrogens (tertiary/aromatic N) is 2. The second kappa shape index (κ2) is 6.60. The van der Waals surface area contributed by atoms with Gasteiger partial charge in [-0.05, 0) is 6.92 Å². The topological polar surface area (TPSA) is 76.1 Å². The lowest BCUT2D eigenvalue weighted by atomic mass is 10.5. The first-order valence-electron chi connectivity index (χ1n) is 5.67. The molecule has 6 nitrogen and oxygen atoms in total. The van der Waals surface area contributed by atoms with Crippen LogP contribution in [0.4, 0.5) is 10.3 Å². The van der Waals surface area contributed by atoms with E-state index < -0.39 is 0 Å². The fourth-order valence-corrected chi connectivity index (χ4v) is 2.89. The number of amides is 1. The Morgan fingerprint density at radius 1 is 1.47 bits per heavy atom. The van der Waals surface area contributed by atoms with Crippen LogP contribution < -0.4 is 10.6 Å². The molecule has 0 unspecified atom stereocenters. The molecule has 0 radical (unpaired) electrons. The molecule has 19 heavy (non-hydrogen) atoms. The summed E-state index contributed by atoms with van der Waals surface area (Å²) in [5.74, 6) is -0.251. The molecule has 0 saturated heterocycles. The molecule has 2 aromatic heterocycles. The lowest BCUT2D eigenvalue weighted by Crippen LogP contribution is -2.12. The molecule has 2 rings (SSSR count). The Hall–Kier alpha value is -1.51. The maximum absolute atomic E-state index is 11.9. The first-order valence-corrected chi connectivity index (χ1v) is 7.37. The van der Waals surface area contributed by atoms with Gasteiger partial charge in [-0.1, -0.05) is 11.3 Å². The fraction of sp³-hybridized carbons (Fsp3) is 0.364. The Kier molecular flexibility index (Phi) is 4.83. The van der Waals surface area contributed by atoms with Gasteiger partial charge in [0.15, 0.2) is 10.3 Å². The molecular formula is C11H14N4O2S2. The van der Waals surface area contributed by atoms with E-state index in [1.807, 2.05) is 6.92 Å². The van der Waals surface area contributed by atoms with Crippen molar-refractivity contribution in [3.8, 4) is 0 Å². The molecular weight excluding hydrogens is 284 g/mol. The van der Waals surface area contributed by atoms with Gasteiger partial charge in [-0.2, -0.15) is 0 Å². The quantitative estimate of drug-likeness (QED) is 0.856. The molecule has 102 valence electrons. The minimum atomic E-state index is -0.251. The number of rotatable bonds is 6. The third-order valence-corrected chi connectivity index (χ3v) is 3.81. The number of thiazole rings is 2. The molecule has 8 heteroatoms. The number of ether oxygens (including phenoxy) is 1. The van der Waals surface area contributed by atoms with Gasteiger partial charge in [0.2, 0.25) is 0 Å². The number of anilines is 2. The van der Waals surface area contributed by atoms with Gasteiger partial charge in [-0.15, -0.1) is 11.3 Å². The van der Waals surface area contributed by atoms with Crippen molar-refractivity contribution >= 4 is 38.8 Å². The molecule has 0 atom stereocenters. The Labute approximate surface area is 118 Å². The summed E-state index contributed by atoms with van der Waals surface area (Å²) >= 11 is 2.80. The van der Waals surface area contributed by atoms with E-state index in [2.05, 4.69) is 20.6 Å². The molecule has 2 N–H and O–H groups in total. The molecule has 2 aromatic rings. The Balaban J connectivity index is 1.98. The monoisotopic (exact) mass is 298 g/mol. The zero-order valence-corrected chi connectivity index (χ0v) is 12.2. The average molecular weight is 298 g/mol. The van der Waals surface area contributed by atoms with Gasteiger partial charge in [0.1, 0.15) is 5.69 Å². The van der Waals surface area contributed by atoms with Gasteiger partial charge in [0, 0.05) is 25.2 Å². The predicted octanol–water partition coefficient (Wildman–Crippen LogP) is 2.43. The van der Waals surface area contributed by atoms with Crippen LogP contribution in [-0.4, -0.2) is 29.5 Å². The zero-order chi connectivity index (χ0) is 13.7. The van der Waals surface area contributed by atoms with Crippen LogP contribution in [0.25, 0.3) is 0 Å². The molecule has 0 aromatic carbocycles. The second-order valence-corrected chi connectivity index (χ2v) is 5.56. The van der Waals surface area contributed by atoms with Gasteiger partial charge < -0.3 is 10.1 Å². The summed E-state index contributed by atoms with van der Waals surface area (Å²) in [6.07, 6.45) is 1.69. The number of nitrogens with one attached hydrogen (secondary N) is 2. The summed E-state index contributed by atoms with van der Waals surface area (Å²) in [7, 11) is 1.62. The lowest BCUT2D eigenvalue weighted by Gasteiger charge is -1.98. The highest BCUT2D eigenvalue weighted by molar-refractivity contribution is 7.15. The maximum atomic E-state index is 11.9. The highest BCUT2D eigenvalue weighted by atomic mass is 32.1. The Morgan fingerprint density at radius 2 is 2.32 bits per heavy atom. The van der Waals surface area contributed by atoms with Crippen LogP contribution in [0, 0.1) is 0 Å². The van der Waals surface area contributed by atoms with Gasteiger partial charge in [0.25, 0.3) is 5.91 Å². The van der Waals surface area contributed by atoms with Crippen molar-refractivity contribution in [3.05, 3.63) is 22.1 Å². The number of methoxy groups -OCH3 is 1. The smallest absolute Gasteiger partial charge is 0.276 e. The number of aromatic nitrogens is 2. The highest BCUT2D eigenvalue weighted by Crippen LogP contribution is 2.20. The van der Waals surface area contributed by atoms with Crippen LogP contribution in [0.1, 0.15) is 22.3 Å². The average Bonchev–Trinajstić information content (AvgIpc) is 3.00. The number of hydrogen-bond acceptors (Lipinski definition) is 7. The van der Waals surface area contributed by atoms with Crippen molar-refractivity contribution in [3.63, 3.8) is 0 Å². The number of hydrogen-bond donors (Lipinski definition) is 2. The standard InChI is InChI=1S/C11H14N4O2S2/c1-3-12-10-14-8(6-18-10)9(16)15-11-13-4-7(19-11)5-17-2/h4,6H,3,5H2,1-2H3,(H,12,14)(H,13,15,16). The fourth-order valence-electron chi connectivity index (χ4n) is 1.35. The first kappa shape index (κ1) is 13.9. The molecule has 0 fully saturated rings. The van der Waals surface area contributed by atoms with Gasteiger partial charge in [-0.3, -0.25) is 10.1 Å². The van der Waals surface area contributed by atoms with Crippen molar-refractivity contribution in [1.82, 2.24) is 9.97 Å². The van der Waals surface area contributed by atoms with Crippen LogP contribution in [0.5, 0.6) is 0 Å². The molecule has 0 bridgehead atoms. The predicted molar refractivity (Wildman–Crippen MR) is 77.1 cm³/mol. The van der Waals surface area contributed by atoms with Crippen molar-refractivity contribution in [1.29, 1.82) is 0 Å². The van der Waals surface area contributed by atoms with E-state index in [9.17, 15) is 4.79 Å². The van der Waals surface area contributed by atoms with E-state index in [4.69, 9.17) is 4.74 Å². The summed E-state index contributed by atoms with van der Waals surface area (Å²) in [5.41, 5.74) is 0.393. The normalized spacial score (nSPS) is 10.4. The summed E-state index contributed by atoms with van der Waals surface area (Å²) in [4.78, 5) is 21.2. The third-order valence-electron chi connectivity index (χ3n) is 2.13. The number of carbonyl (C=O) groups excluding carboxylic acids is 1. The molecule has 0 aliphatic rings. The van der Waals surface area contributed by atoms with E-state index in [0.29, 0.717) is 17.4 Å². The van der Waals surface area contributed by atoms with Crippen molar-refractivity contribution < 1.29 is 9.53 Å². The van der Waals surface area contributed by atoms with E-state index in [1.165, 1.54) is 22.7 Å². The van der Waals surface area contributed by atoms with E-state index in [0.717, 1.165) is 16.6 Å². The first-order chi connectivity index (χ1) is 9.22. The zero-order valence-electron chi connectivity index (χ0n) is 10.6. The molecule has 0 aliphatic carbocycles. The summed E-state index contributed by atoms with van der Waals surface area (Å²) in [5, 5.41) is 8.80. The van der Waals surface area contributed by atoms with Crippen molar-refractivity contribution in [2.24, 2.45) is 0 Å². The Morgan fingerprint density at radius 3 is 3.05 bits per heavy atom. The van der Waals surface area contributed by atoms with E-state index in [1.54, 1.807) is 18.7 Å². The van der Waals surface area contributed by atoms with Crippen molar-refractivity contribution in [2.75, 3.05) is 24.3 Å². The largest absolute Gasteiger partial charge is 0.379 e. The SMILES string of the molecule is CCNc1nc(C(=O)Nc2ncc(COC)s2)cs1. The van der Waals surface area contributed by atoms with Crippen LogP contribution in [0.3, 0.4) is 0 Å². The van der Waals surface area contributed by atoms with Gasteiger partial charge in [0.05, 0.1) is 11.5 Å². The lowest BCUT2D eigenvalue weighted by molar-refractivity contribution is 0.102. The minimum absolute atomic E-state index is 0.251. The summed E-state index contributed by atoms with van der Waals surface area (Å²) in [6, 6.07) is 0. The highest BCUT2D eigenvalue weighted by Gasteiger charge is 2.12. The summed E-state index contributed by atoms with van der Waals surface area (Å²) in [6.45, 7) is 3.25. The summed E-state index contributed by atoms with van der Waals surface area (Å²) < 4.78 is 5.00. The Bertz CT molecular complexity index is 552. The van der Waals surface area contributed by atoms with Crippen molar-refractivity contribution in [2.45, 2.75) is 13.5 Å². The molecule has 2 heterocycles. The van der Waals surface area contributed by atoms with E-state index >= 15 is 0 Å². The van der Waals surface area contributed by atoms with Crippen LogP contribution in [-0.2, 0) is 11.3 Å². The number of carbonyl (C=O) groups is 1. The minimum Gasteiger partial charge on any atom is -0.379 e. The molecule has 0 aliphatic heterocycles. The second-order valence-electron chi connectivity index (χ2n) is 3.59. The van der Waals surface area contributed by atoms with Gasteiger partial charge >= 0.3 is 0 Å². The van der Waals surface area contributed by atoms with Gasteiger partial charge in [-0.25, -0.2) is 9.97 Å². The third kappa shape index (κ3) is 3.72. The van der Waals surface area contributed by atoms with Crippen LogP contribution in [0.2, 0.25) is 0 Å². The molecule has 0 spiro atoms. The van der Waals surface area contributed by atoms with Crippen LogP contribution in [0.15, 0.2) is 11.6 Å². The maximum Gasteiger partial charge on any atom is 0.276 e. The van der Waals surface area contributed by atoms with E-state index in [-0.39, 0.29) is 5.91 Å². The molecule has 1 amide bonds. The van der Waals surface area contributed by atoms with Crippen LogP contribution >= 0.6 is 22.7 Å². The molecule has 0 saturated carbocycles.